The van der Waals surface area contributed by atoms with Gasteiger partial charge in [0.05, 0.1) is 31.5 Å². The number of nitrogens with zero attached hydrogens (tertiary/aromatic N) is 1. The molecule has 4 nitrogen and oxygen atoms in total. The van der Waals surface area contributed by atoms with Gasteiger partial charge < -0.3 is 13.9 Å². The van der Waals surface area contributed by atoms with Crippen LogP contribution >= 0.6 is 0 Å². The molecule has 1 saturated carbocycles. The summed E-state index contributed by atoms with van der Waals surface area (Å²) >= 11 is 0. The fourth-order valence-corrected chi connectivity index (χ4v) is 5.75. The second-order valence-electron chi connectivity index (χ2n) is 8.73. The molecule has 2 aromatic rings. The van der Waals surface area contributed by atoms with E-state index in [1.807, 2.05) is 22.8 Å². The molecule has 4 heterocycles. The number of nitrogens with one attached hydrogen (secondary N) is 1. The van der Waals surface area contributed by atoms with Gasteiger partial charge in [0.1, 0.15) is 5.76 Å². The summed E-state index contributed by atoms with van der Waals surface area (Å²) in [4.78, 5) is 14.8. The zero-order valence-electron chi connectivity index (χ0n) is 15.5. The molecule has 2 fully saturated rings. The fraction of sp³-hybridized carbons (Fsp3) is 0.591. The number of quaternary nitrogens is 1. The molecule has 2 aliphatic heterocycles. The highest BCUT2D eigenvalue weighted by molar-refractivity contribution is 5.56. The van der Waals surface area contributed by atoms with Crippen molar-refractivity contribution >= 4 is 0 Å². The number of furan rings is 1. The SMILES string of the molecule is O=c1c(-c2ccco2)ccc2n1C[C@H]1C[C@@H]2C[NH+](CC2CCCCC2)C1. The van der Waals surface area contributed by atoms with Crippen LogP contribution in [0.1, 0.15) is 50.1 Å². The molecule has 2 bridgehead atoms. The Balaban J connectivity index is 1.39. The predicted molar refractivity (Wildman–Crippen MR) is 101 cm³/mol. The number of pyridine rings is 1. The first-order valence-electron chi connectivity index (χ1n) is 10.4. The normalized spacial score (nSPS) is 28.7. The molecule has 0 radical (unpaired) electrons. The van der Waals surface area contributed by atoms with Crippen molar-refractivity contribution in [3.05, 3.63) is 46.6 Å². The lowest BCUT2D eigenvalue weighted by atomic mass is 9.81. The van der Waals surface area contributed by atoms with Crippen LogP contribution < -0.4 is 10.5 Å². The number of rotatable bonds is 3. The third-order valence-corrected chi connectivity index (χ3v) is 6.89. The van der Waals surface area contributed by atoms with Crippen molar-refractivity contribution in [2.45, 2.75) is 51.0 Å². The molecule has 0 spiro atoms. The van der Waals surface area contributed by atoms with Gasteiger partial charge in [0.15, 0.2) is 0 Å². The highest BCUT2D eigenvalue weighted by Gasteiger charge is 2.38. The van der Waals surface area contributed by atoms with Crippen molar-refractivity contribution in [3.63, 3.8) is 0 Å². The van der Waals surface area contributed by atoms with Crippen molar-refractivity contribution in [2.75, 3.05) is 19.6 Å². The molecule has 26 heavy (non-hydrogen) atoms. The van der Waals surface area contributed by atoms with Crippen molar-refractivity contribution in [2.24, 2.45) is 11.8 Å². The first kappa shape index (κ1) is 16.4. The quantitative estimate of drug-likeness (QED) is 0.922. The fourth-order valence-electron chi connectivity index (χ4n) is 5.75. The Morgan fingerprint density at radius 2 is 2.00 bits per heavy atom. The number of piperidine rings is 1. The molecular weight excluding hydrogens is 324 g/mol. The summed E-state index contributed by atoms with van der Waals surface area (Å²) < 4.78 is 7.52. The molecule has 1 unspecified atom stereocenters. The van der Waals surface area contributed by atoms with Crippen LogP contribution in [0.5, 0.6) is 0 Å². The lowest BCUT2D eigenvalue weighted by Crippen LogP contribution is -3.15. The Labute approximate surface area is 154 Å². The Morgan fingerprint density at radius 3 is 2.81 bits per heavy atom. The topological polar surface area (TPSA) is 39.6 Å². The summed E-state index contributed by atoms with van der Waals surface area (Å²) in [6, 6.07) is 7.88. The van der Waals surface area contributed by atoms with Gasteiger partial charge in [0, 0.05) is 30.0 Å². The number of likely N-dealkylation sites (tertiary alicyclic amines) is 1. The van der Waals surface area contributed by atoms with E-state index in [0.717, 1.165) is 12.5 Å². The first-order chi connectivity index (χ1) is 12.8. The van der Waals surface area contributed by atoms with Crippen LogP contribution in [0.4, 0.5) is 0 Å². The smallest absolute Gasteiger partial charge is 0.261 e. The minimum atomic E-state index is 0.128. The van der Waals surface area contributed by atoms with E-state index >= 15 is 0 Å². The third kappa shape index (κ3) is 2.94. The van der Waals surface area contributed by atoms with Crippen LogP contribution in [0.2, 0.25) is 0 Å². The van der Waals surface area contributed by atoms with Gasteiger partial charge in [-0.05, 0) is 43.5 Å². The molecule has 1 aliphatic carbocycles. The maximum absolute atomic E-state index is 13.0. The molecule has 3 aliphatic rings. The van der Waals surface area contributed by atoms with E-state index in [-0.39, 0.29) is 5.56 Å². The van der Waals surface area contributed by atoms with Crippen molar-refractivity contribution in [1.29, 1.82) is 0 Å². The summed E-state index contributed by atoms with van der Waals surface area (Å²) in [6.07, 6.45) is 10.1. The van der Waals surface area contributed by atoms with E-state index < -0.39 is 0 Å². The summed E-state index contributed by atoms with van der Waals surface area (Å²) in [5.41, 5.74) is 2.08. The van der Waals surface area contributed by atoms with E-state index in [1.165, 1.54) is 63.9 Å². The summed E-state index contributed by atoms with van der Waals surface area (Å²) in [7, 11) is 0. The van der Waals surface area contributed by atoms with E-state index in [1.54, 1.807) is 11.2 Å². The van der Waals surface area contributed by atoms with Gasteiger partial charge in [-0.15, -0.1) is 0 Å². The van der Waals surface area contributed by atoms with Gasteiger partial charge in [0.2, 0.25) is 0 Å². The number of fused-ring (bicyclic) bond motifs is 4. The Hall–Kier alpha value is -1.81. The van der Waals surface area contributed by atoms with Gasteiger partial charge in [-0.2, -0.15) is 0 Å². The first-order valence-corrected chi connectivity index (χ1v) is 10.4. The van der Waals surface area contributed by atoms with Gasteiger partial charge in [-0.1, -0.05) is 19.3 Å². The minimum absolute atomic E-state index is 0.128. The van der Waals surface area contributed by atoms with Crippen molar-refractivity contribution in [3.8, 4) is 11.3 Å². The molecule has 2 aromatic heterocycles. The average molecular weight is 353 g/mol. The molecule has 4 heteroatoms. The van der Waals surface area contributed by atoms with Gasteiger partial charge in [0.25, 0.3) is 5.56 Å². The molecule has 1 saturated heterocycles. The number of hydrogen-bond acceptors (Lipinski definition) is 2. The lowest BCUT2D eigenvalue weighted by molar-refractivity contribution is -0.914. The highest BCUT2D eigenvalue weighted by Crippen LogP contribution is 2.32. The maximum atomic E-state index is 13.0. The van der Waals surface area contributed by atoms with E-state index in [2.05, 4.69) is 6.07 Å². The summed E-state index contributed by atoms with van der Waals surface area (Å²) in [6.45, 7) is 4.67. The second kappa shape index (κ2) is 6.73. The van der Waals surface area contributed by atoms with Crippen LogP contribution in [-0.4, -0.2) is 24.2 Å². The van der Waals surface area contributed by atoms with Crippen LogP contribution in [0.3, 0.4) is 0 Å². The zero-order valence-corrected chi connectivity index (χ0v) is 15.5. The average Bonchev–Trinajstić information content (AvgIpc) is 3.18. The minimum Gasteiger partial charge on any atom is -0.464 e. The Morgan fingerprint density at radius 1 is 1.12 bits per heavy atom. The molecular formula is C22H29N2O2+. The van der Waals surface area contributed by atoms with Crippen molar-refractivity contribution < 1.29 is 9.32 Å². The van der Waals surface area contributed by atoms with E-state index in [0.29, 0.717) is 23.2 Å². The van der Waals surface area contributed by atoms with Gasteiger partial charge in [-0.3, -0.25) is 4.79 Å². The monoisotopic (exact) mass is 353 g/mol. The van der Waals surface area contributed by atoms with Gasteiger partial charge in [-0.25, -0.2) is 0 Å². The molecule has 3 atom stereocenters. The maximum Gasteiger partial charge on any atom is 0.261 e. The highest BCUT2D eigenvalue weighted by atomic mass is 16.3. The predicted octanol–water partition coefficient (Wildman–Crippen LogP) is 2.69. The van der Waals surface area contributed by atoms with E-state index in [9.17, 15) is 4.79 Å². The second-order valence-corrected chi connectivity index (χ2v) is 8.73. The summed E-state index contributed by atoms with van der Waals surface area (Å²) in [5, 5.41) is 0. The third-order valence-electron chi connectivity index (χ3n) is 6.89. The van der Waals surface area contributed by atoms with Crippen molar-refractivity contribution in [1.82, 2.24) is 4.57 Å². The Kier molecular flexibility index (Phi) is 4.24. The largest absolute Gasteiger partial charge is 0.464 e. The van der Waals surface area contributed by atoms with Crippen LogP contribution in [0, 0.1) is 11.8 Å². The summed E-state index contributed by atoms with van der Waals surface area (Å²) in [5.74, 6) is 2.80. The Bertz CT molecular complexity index is 817. The van der Waals surface area contributed by atoms with E-state index in [4.69, 9.17) is 4.42 Å². The van der Waals surface area contributed by atoms with Crippen LogP contribution in [0.15, 0.2) is 39.7 Å². The number of aromatic nitrogens is 1. The molecule has 1 N–H and O–H groups in total. The van der Waals surface area contributed by atoms with Crippen LogP contribution in [0.25, 0.3) is 11.3 Å². The molecule has 138 valence electrons. The molecule has 0 amide bonds. The molecule has 0 aromatic carbocycles. The zero-order chi connectivity index (χ0) is 17.5. The van der Waals surface area contributed by atoms with Gasteiger partial charge >= 0.3 is 0 Å². The molecule has 5 rings (SSSR count). The standard InChI is InChI=1S/C22H28N2O2/c25-22-19(21-7-4-10-26-21)8-9-20-18-11-17(14-24(20)22)13-23(15-18)12-16-5-2-1-3-6-16/h4,7-10,16-18H,1-3,5-6,11-15H2/p+1/t17-,18+/m0/s1. The number of hydrogen-bond donors (Lipinski definition) is 1. The van der Waals surface area contributed by atoms with Crippen LogP contribution in [-0.2, 0) is 6.54 Å². The lowest BCUT2D eigenvalue weighted by Gasteiger charge is -2.41.